The molecule has 3 aromatic rings. The van der Waals surface area contributed by atoms with Crippen LogP contribution in [-0.4, -0.2) is 75.0 Å². The van der Waals surface area contributed by atoms with E-state index in [1.54, 1.807) is 29.4 Å². The van der Waals surface area contributed by atoms with E-state index in [2.05, 4.69) is 19.9 Å². The Labute approximate surface area is 207 Å². The average molecular weight is 506 g/mol. The van der Waals surface area contributed by atoms with E-state index in [0.29, 0.717) is 29.4 Å². The first-order chi connectivity index (χ1) is 16.9. The van der Waals surface area contributed by atoms with Crippen molar-refractivity contribution in [3.8, 4) is 11.4 Å². The second kappa shape index (κ2) is 9.75. The number of carbonyl (C=O) groups is 2. The fourth-order valence-corrected chi connectivity index (χ4v) is 4.16. The molecule has 2 amide bonds. The van der Waals surface area contributed by atoms with Gasteiger partial charge in [0.15, 0.2) is 5.82 Å². The highest BCUT2D eigenvalue weighted by atomic mass is 19.4. The van der Waals surface area contributed by atoms with Gasteiger partial charge in [-0.3, -0.25) is 9.59 Å². The Morgan fingerprint density at radius 3 is 2.67 bits per heavy atom. The molecule has 1 aliphatic heterocycles. The fourth-order valence-electron chi connectivity index (χ4n) is 4.16. The molecular weight excluding hydrogens is 475 g/mol. The summed E-state index contributed by atoms with van der Waals surface area (Å²) in [6, 6.07) is 4.22. The minimum atomic E-state index is -4.55. The third-order valence-electron chi connectivity index (χ3n) is 5.81. The molecule has 9 nitrogen and oxygen atoms in total. The van der Waals surface area contributed by atoms with Crippen molar-refractivity contribution in [3.05, 3.63) is 36.8 Å². The van der Waals surface area contributed by atoms with Crippen molar-refractivity contribution in [2.75, 3.05) is 31.1 Å². The van der Waals surface area contributed by atoms with Gasteiger partial charge < -0.3 is 20.1 Å². The van der Waals surface area contributed by atoms with E-state index in [1.807, 2.05) is 32.2 Å². The highest BCUT2D eigenvalue weighted by Crippen LogP contribution is 2.28. The molecule has 0 unspecified atom stereocenters. The van der Waals surface area contributed by atoms with Gasteiger partial charge in [-0.15, -0.1) is 0 Å². The van der Waals surface area contributed by atoms with Gasteiger partial charge in [0, 0.05) is 50.5 Å². The Hall–Kier alpha value is -3.70. The molecule has 1 saturated heterocycles. The number of alkyl halides is 3. The number of hydrogen-bond acceptors (Lipinski definition) is 6. The third kappa shape index (κ3) is 5.92. The number of halogens is 3. The lowest BCUT2D eigenvalue weighted by atomic mass is 9.91. The molecule has 194 valence electrons. The number of piperazine rings is 1. The molecule has 36 heavy (non-hydrogen) atoms. The van der Waals surface area contributed by atoms with Gasteiger partial charge >= 0.3 is 6.18 Å². The SMILES string of the molecule is CC(C)(C)CC(=O)N1CCN(c2ccnc(-c3c[nH]c4ncccc34)n2)[C@@H](C(=O)NCC(F)(F)F)C1.[HH]. The van der Waals surface area contributed by atoms with E-state index < -0.39 is 24.7 Å². The first-order valence-corrected chi connectivity index (χ1v) is 11.6. The molecular formula is C24H30F3N7O2. The third-order valence-corrected chi connectivity index (χ3v) is 5.81. The quantitative estimate of drug-likeness (QED) is 0.551. The van der Waals surface area contributed by atoms with Gasteiger partial charge in [-0.1, -0.05) is 20.8 Å². The van der Waals surface area contributed by atoms with E-state index >= 15 is 0 Å². The average Bonchev–Trinajstić information content (AvgIpc) is 3.25. The standard InChI is InChI=1S/C24H28F3N7O2.H2/c1-23(2,3)11-19(35)33-9-10-34(17(13-33)22(36)31-14-24(25,26)27)18-6-8-29-21(32-18)16-12-30-20-15(16)5-4-7-28-20;/h4-8,12,17H,9-11,13-14H2,1-3H3,(H,28,30)(H,31,36);1H/t17-;/m1./s1. The van der Waals surface area contributed by atoms with Crippen LogP contribution in [0.15, 0.2) is 36.8 Å². The molecule has 4 heterocycles. The van der Waals surface area contributed by atoms with Crippen LogP contribution in [0.1, 0.15) is 28.6 Å². The number of hydrogen-bond donors (Lipinski definition) is 2. The van der Waals surface area contributed by atoms with Gasteiger partial charge in [0.1, 0.15) is 24.1 Å². The molecule has 0 aliphatic carbocycles. The molecule has 2 N–H and O–H groups in total. The Kier molecular flexibility index (Phi) is 6.87. The molecule has 3 aromatic heterocycles. The van der Waals surface area contributed by atoms with Crippen LogP contribution in [0.4, 0.5) is 19.0 Å². The minimum absolute atomic E-state index is 0. The zero-order valence-electron chi connectivity index (χ0n) is 20.3. The van der Waals surface area contributed by atoms with Crippen molar-refractivity contribution < 1.29 is 24.2 Å². The summed E-state index contributed by atoms with van der Waals surface area (Å²) in [6.45, 7) is 4.82. The van der Waals surface area contributed by atoms with Gasteiger partial charge in [0.25, 0.3) is 0 Å². The molecule has 4 rings (SSSR count). The van der Waals surface area contributed by atoms with Crippen LogP contribution in [0.3, 0.4) is 0 Å². The number of nitrogens with zero attached hydrogens (tertiary/aromatic N) is 5. The summed E-state index contributed by atoms with van der Waals surface area (Å²) in [7, 11) is 0. The van der Waals surface area contributed by atoms with Crippen LogP contribution in [0.5, 0.6) is 0 Å². The zero-order valence-corrected chi connectivity index (χ0v) is 20.3. The van der Waals surface area contributed by atoms with Crippen molar-refractivity contribution in [1.82, 2.24) is 30.2 Å². The number of H-pyrrole nitrogens is 1. The molecule has 0 aromatic carbocycles. The highest BCUT2D eigenvalue weighted by Gasteiger charge is 2.38. The Morgan fingerprint density at radius 2 is 1.94 bits per heavy atom. The summed E-state index contributed by atoms with van der Waals surface area (Å²) in [4.78, 5) is 45.2. The number of fused-ring (bicyclic) bond motifs is 1. The van der Waals surface area contributed by atoms with Crippen LogP contribution >= 0.6 is 0 Å². The van der Waals surface area contributed by atoms with E-state index in [-0.39, 0.29) is 32.3 Å². The maximum absolute atomic E-state index is 12.9. The zero-order chi connectivity index (χ0) is 26.1. The summed E-state index contributed by atoms with van der Waals surface area (Å²) < 4.78 is 38.4. The number of amides is 2. The predicted molar refractivity (Wildman–Crippen MR) is 130 cm³/mol. The van der Waals surface area contributed by atoms with Gasteiger partial charge in [0.2, 0.25) is 11.8 Å². The normalized spacial score (nSPS) is 16.9. The summed E-state index contributed by atoms with van der Waals surface area (Å²) in [6.07, 6.45) is 0.630. The monoisotopic (exact) mass is 505 g/mol. The van der Waals surface area contributed by atoms with Crippen molar-refractivity contribution in [2.45, 2.75) is 39.4 Å². The van der Waals surface area contributed by atoms with Crippen molar-refractivity contribution in [3.63, 3.8) is 0 Å². The van der Waals surface area contributed by atoms with Gasteiger partial charge in [-0.2, -0.15) is 13.2 Å². The maximum atomic E-state index is 12.9. The van der Waals surface area contributed by atoms with Crippen molar-refractivity contribution in [2.24, 2.45) is 5.41 Å². The van der Waals surface area contributed by atoms with Gasteiger partial charge in [-0.05, 0) is 23.6 Å². The number of aromatic amines is 1. The van der Waals surface area contributed by atoms with Crippen LogP contribution in [0, 0.1) is 5.41 Å². The summed E-state index contributed by atoms with van der Waals surface area (Å²) in [5.74, 6) is -0.205. The summed E-state index contributed by atoms with van der Waals surface area (Å²) in [5, 5.41) is 2.78. The van der Waals surface area contributed by atoms with E-state index in [0.717, 1.165) is 5.39 Å². The molecule has 0 bridgehead atoms. The smallest absolute Gasteiger partial charge is 0.345 e. The van der Waals surface area contributed by atoms with E-state index in [4.69, 9.17) is 0 Å². The molecule has 12 heteroatoms. The maximum Gasteiger partial charge on any atom is 0.405 e. The molecule has 1 fully saturated rings. The highest BCUT2D eigenvalue weighted by molar-refractivity contribution is 5.92. The first kappa shape index (κ1) is 25.4. The predicted octanol–water partition coefficient (Wildman–Crippen LogP) is 3.40. The fraction of sp³-hybridized carbons (Fsp3) is 0.458. The van der Waals surface area contributed by atoms with Crippen LogP contribution < -0.4 is 10.2 Å². The number of pyridine rings is 1. The van der Waals surface area contributed by atoms with E-state index in [9.17, 15) is 22.8 Å². The van der Waals surface area contributed by atoms with Gasteiger partial charge in [-0.25, -0.2) is 15.0 Å². The molecule has 1 aliphatic rings. The molecule has 1 atom stereocenters. The Balaban J connectivity index is 0.00000380. The lowest BCUT2D eigenvalue weighted by molar-refractivity contribution is -0.141. The van der Waals surface area contributed by atoms with Crippen molar-refractivity contribution in [1.29, 1.82) is 0 Å². The topological polar surface area (TPSA) is 107 Å². The van der Waals surface area contributed by atoms with Crippen LogP contribution in [0.25, 0.3) is 22.4 Å². The molecule has 0 radical (unpaired) electrons. The van der Waals surface area contributed by atoms with Crippen LogP contribution in [0.2, 0.25) is 0 Å². The van der Waals surface area contributed by atoms with Crippen LogP contribution in [-0.2, 0) is 9.59 Å². The number of nitrogens with one attached hydrogen (secondary N) is 2. The second-order valence-electron chi connectivity index (χ2n) is 9.96. The first-order valence-electron chi connectivity index (χ1n) is 11.6. The minimum Gasteiger partial charge on any atom is -0.345 e. The molecule has 0 spiro atoms. The van der Waals surface area contributed by atoms with E-state index in [1.165, 1.54) is 11.1 Å². The number of aromatic nitrogens is 4. The second-order valence-corrected chi connectivity index (χ2v) is 9.96. The summed E-state index contributed by atoms with van der Waals surface area (Å²) >= 11 is 0. The number of rotatable bonds is 5. The lowest BCUT2D eigenvalue weighted by Gasteiger charge is -2.41. The van der Waals surface area contributed by atoms with Gasteiger partial charge in [0.05, 0.1) is 6.54 Å². The van der Waals surface area contributed by atoms with Crippen molar-refractivity contribution >= 4 is 28.7 Å². The number of carbonyl (C=O) groups excluding carboxylic acids is 2. The Morgan fingerprint density at radius 1 is 1.17 bits per heavy atom. The Bertz CT molecular complexity index is 1260. The summed E-state index contributed by atoms with van der Waals surface area (Å²) in [5.41, 5.74) is 1.10. The molecule has 0 saturated carbocycles. The number of anilines is 1. The lowest BCUT2D eigenvalue weighted by Crippen LogP contribution is -2.61. The largest absolute Gasteiger partial charge is 0.405 e.